The molecule has 1 heterocycles. The maximum absolute atomic E-state index is 14.1. The third-order valence-electron chi connectivity index (χ3n) is 6.85. The Hall–Kier alpha value is -4.25. The highest BCUT2D eigenvalue weighted by Gasteiger charge is 2.35. The lowest BCUT2D eigenvalue weighted by Crippen LogP contribution is -2.40. The molecule has 37 heavy (non-hydrogen) atoms. The first-order chi connectivity index (χ1) is 17.8. The number of fused-ring (bicyclic) bond motifs is 1. The third-order valence-corrected chi connectivity index (χ3v) is 6.85. The molecular formula is C32H30N2O3. The van der Waals surface area contributed by atoms with Crippen LogP contribution in [-0.4, -0.2) is 21.2 Å². The molecule has 0 radical (unpaired) electrons. The molecule has 5 nitrogen and oxygen atoms in total. The lowest BCUT2D eigenvalue weighted by molar-refractivity contribution is 0.0727. The summed E-state index contributed by atoms with van der Waals surface area (Å²) in [5, 5.41) is 0. The lowest BCUT2D eigenvalue weighted by atomic mass is 9.75. The molecule has 0 saturated heterocycles. The molecule has 0 bridgehead atoms. The van der Waals surface area contributed by atoms with Gasteiger partial charge in [0.05, 0.1) is 0 Å². The van der Waals surface area contributed by atoms with Crippen LogP contribution < -0.4 is 5.56 Å². The first-order valence-corrected chi connectivity index (χ1v) is 12.6. The Bertz CT molecular complexity index is 1450. The summed E-state index contributed by atoms with van der Waals surface area (Å²) in [7, 11) is 0. The Morgan fingerprint density at radius 2 is 1.30 bits per heavy atom. The van der Waals surface area contributed by atoms with Crippen LogP contribution in [0.15, 0.2) is 102 Å². The Kier molecular flexibility index (Phi) is 6.62. The molecule has 0 atom stereocenters. The number of carbonyl (C=O) groups is 2. The van der Waals surface area contributed by atoms with E-state index in [9.17, 15) is 14.4 Å². The van der Waals surface area contributed by atoms with Gasteiger partial charge in [-0.25, -0.2) is 0 Å². The third kappa shape index (κ3) is 5.17. The minimum atomic E-state index is -0.397. The number of pyridine rings is 1. The maximum atomic E-state index is 14.1. The number of amides is 1. The molecule has 1 aliphatic carbocycles. The number of aromatic nitrogens is 1. The van der Waals surface area contributed by atoms with Crippen LogP contribution >= 0.6 is 0 Å². The van der Waals surface area contributed by atoms with Crippen LogP contribution in [0.2, 0.25) is 0 Å². The van der Waals surface area contributed by atoms with Gasteiger partial charge in [-0.1, -0.05) is 92.7 Å². The van der Waals surface area contributed by atoms with Crippen molar-refractivity contribution in [1.29, 1.82) is 0 Å². The highest BCUT2D eigenvalue weighted by atomic mass is 16.2. The zero-order chi connectivity index (χ0) is 26.0. The molecular weight excluding hydrogens is 460 g/mol. The number of hydrogen-bond acceptors (Lipinski definition) is 3. The first-order valence-electron chi connectivity index (χ1n) is 12.6. The van der Waals surface area contributed by atoms with Gasteiger partial charge in [0.2, 0.25) is 0 Å². The summed E-state index contributed by atoms with van der Waals surface area (Å²) in [4.78, 5) is 43.1. The maximum Gasteiger partial charge on any atom is 0.268 e. The van der Waals surface area contributed by atoms with Gasteiger partial charge in [0.1, 0.15) is 5.56 Å². The van der Waals surface area contributed by atoms with Crippen molar-refractivity contribution in [3.8, 4) is 5.69 Å². The zero-order valence-electron chi connectivity index (χ0n) is 21.2. The van der Waals surface area contributed by atoms with E-state index >= 15 is 0 Å². The van der Waals surface area contributed by atoms with Crippen LogP contribution in [0.1, 0.15) is 57.8 Å². The summed E-state index contributed by atoms with van der Waals surface area (Å²) in [6, 6.07) is 30.3. The second kappa shape index (κ2) is 10.0. The van der Waals surface area contributed by atoms with Crippen molar-refractivity contribution in [2.45, 2.75) is 39.8 Å². The molecule has 1 amide bonds. The summed E-state index contributed by atoms with van der Waals surface area (Å²) in [5.74, 6) is -0.425. The van der Waals surface area contributed by atoms with Crippen LogP contribution in [0.4, 0.5) is 0 Å². The highest BCUT2D eigenvalue weighted by molar-refractivity contribution is 6.02. The van der Waals surface area contributed by atoms with Gasteiger partial charge >= 0.3 is 0 Å². The van der Waals surface area contributed by atoms with Crippen molar-refractivity contribution in [1.82, 2.24) is 9.47 Å². The van der Waals surface area contributed by atoms with E-state index in [1.165, 1.54) is 0 Å². The quantitative estimate of drug-likeness (QED) is 0.341. The molecule has 0 fully saturated rings. The molecule has 5 heteroatoms. The Labute approximate surface area is 217 Å². The van der Waals surface area contributed by atoms with Gasteiger partial charge in [-0.15, -0.1) is 0 Å². The number of rotatable bonds is 6. The Morgan fingerprint density at radius 3 is 1.84 bits per heavy atom. The fourth-order valence-electron chi connectivity index (χ4n) is 5.10. The standard InChI is InChI=1S/C32H30N2O3/c1-32(2)19-28-26(29(35)20-32)18-27(31(37)34(28)25-16-10-5-11-17-25)30(36)33(21-23-12-6-3-7-13-23)22-24-14-8-4-9-15-24/h3-18H,19-22H2,1-2H3. The van der Waals surface area contributed by atoms with E-state index in [1.807, 2.05) is 105 Å². The number of para-hydroxylation sites is 1. The molecule has 5 rings (SSSR count). The van der Waals surface area contributed by atoms with Crippen molar-refractivity contribution in [3.05, 3.63) is 135 Å². The van der Waals surface area contributed by atoms with Crippen LogP contribution in [-0.2, 0) is 19.5 Å². The van der Waals surface area contributed by atoms with E-state index in [2.05, 4.69) is 0 Å². The van der Waals surface area contributed by atoms with Crippen LogP contribution in [0.3, 0.4) is 0 Å². The van der Waals surface area contributed by atoms with E-state index in [0.29, 0.717) is 42.9 Å². The number of ketones is 1. The minimum absolute atomic E-state index is 0.0162. The molecule has 0 saturated carbocycles. The minimum Gasteiger partial charge on any atom is -0.330 e. The van der Waals surface area contributed by atoms with E-state index < -0.39 is 5.56 Å². The summed E-state index contributed by atoms with van der Waals surface area (Å²) >= 11 is 0. The van der Waals surface area contributed by atoms with Crippen molar-refractivity contribution >= 4 is 11.7 Å². The molecule has 186 valence electrons. The molecule has 0 spiro atoms. The molecule has 4 aromatic rings. The highest BCUT2D eigenvalue weighted by Crippen LogP contribution is 2.35. The summed E-state index contributed by atoms with van der Waals surface area (Å²) in [6.45, 7) is 4.76. The average molecular weight is 491 g/mol. The summed E-state index contributed by atoms with van der Waals surface area (Å²) in [6.07, 6.45) is 0.947. The number of nitrogens with zero attached hydrogens (tertiary/aromatic N) is 2. The van der Waals surface area contributed by atoms with Gasteiger partial charge < -0.3 is 4.90 Å². The molecule has 0 N–H and O–H groups in total. The fourth-order valence-corrected chi connectivity index (χ4v) is 5.10. The van der Waals surface area contributed by atoms with Crippen molar-refractivity contribution in [3.63, 3.8) is 0 Å². The van der Waals surface area contributed by atoms with E-state index in [1.54, 1.807) is 15.5 Å². The summed E-state index contributed by atoms with van der Waals surface area (Å²) in [5.41, 5.74) is 3.07. The monoisotopic (exact) mass is 490 g/mol. The van der Waals surface area contributed by atoms with Crippen LogP contribution in [0.25, 0.3) is 5.69 Å². The van der Waals surface area contributed by atoms with E-state index in [-0.39, 0.29) is 22.7 Å². The predicted octanol–water partition coefficient (Wildman–Crippen LogP) is 5.84. The van der Waals surface area contributed by atoms with Crippen molar-refractivity contribution < 1.29 is 9.59 Å². The fraction of sp³-hybridized carbons (Fsp3) is 0.219. The smallest absolute Gasteiger partial charge is 0.268 e. The number of Topliss-reactive ketones (excluding diaryl/α,β-unsaturated/α-hetero) is 1. The average Bonchev–Trinajstić information content (AvgIpc) is 2.89. The van der Waals surface area contributed by atoms with Gasteiger partial charge in [0.25, 0.3) is 11.5 Å². The lowest BCUT2D eigenvalue weighted by Gasteiger charge is -2.32. The molecule has 0 aliphatic heterocycles. The molecule has 1 aliphatic rings. The zero-order valence-corrected chi connectivity index (χ0v) is 21.2. The van der Waals surface area contributed by atoms with Gasteiger partial charge in [0.15, 0.2) is 5.78 Å². The largest absolute Gasteiger partial charge is 0.330 e. The predicted molar refractivity (Wildman–Crippen MR) is 145 cm³/mol. The second-order valence-electron chi connectivity index (χ2n) is 10.5. The van der Waals surface area contributed by atoms with Gasteiger partial charge in [-0.05, 0) is 41.2 Å². The molecule has 1 aromatic heterocycles. The Balaban J connectivity index is 1.65. The molecule has 3 aromatic carbocycles. The number of carbonyl (C=O) groups excluding carboxylic acids is 2. The van der Waals surface area contributed by atoms with Gasteiger partial charge in [0, 0.05) is 36.5 Å². The van der Waals surface area contributed by atoms with Gasteiger partial charge in [-0.3, -0.25) is 19.0 Å². The SMILES string of the molecule is CC1(C)CC(=O)c2cc(C(=O)N(Cc3ccccc3)Cc3ccccc3)c(=O)n(-c3ccccc3)c2C1. The van der Waals surface area contributed by atoms with Crippen molar-refractivity contribution in [2.75, 3.05) is 0 Å². The molecule has 0 unspecified atom stereocenters. The summed E-state index contributed by atoms with van der Waals surface area (Å²) < 4.78 is 1.57. The number of benzene rings is 3. The van der Waals surface area contributed by atoms with Gasteiger partial charge in [-0.2, -0.15) is 0 Å². The normalized spacial score (nSPS) is 14.2. The number of hydrogen-bond donors (Lipinski definition) is 0. The Morgan fingerprint density at radius 1 is 0.784 bits per heavy atom. The van der Waals surface area contributed by atoms with E-state index in [4.69, 9.17) is 0 Å². The van der Waals surface area contributed by atoms with Crippen molar-refractivity contribution in [2.24, 2.45) is 5.41 Å². The topological polar surface area (TPSA) is 59.4 Å². The van der Waals surface area contributed by atoms with Crippen LogP contribution in [0.5, 0.6) is 0 Å². The second-order valence-corrected chi connectivity index (χ2v) is 10.5. The van der Waals surface area contributed by atoms with Crippen LogP contribution in [0, 0.1) is 5.41 Å². The van der Waals surface area contributed by atoms with E-state index in [0.717, 1.165) is 11.1 Å². The first kappa shape index (κ1) is 24.4.